The fourth-order valence-electron chi connectivity index (χ4n) is 2.14. The Bertz CT molecular complexity index is 787. The number of sulfone groups is 1. The molecule has 0 aliphatic heterocycles. The van der Waals surface area contributed by atoms with Gasteiger partial charge in [-0.25, -0.2) is 8.42 Å². The maximum Gasteiger partial charge on any atom is 0.225 e. The van der Waals surface area contributed by atoms with E-state index in [1.165, 1.54) is 6.20 Å². The highest BCUT2D eigenvalue weighted by molar-refractivity contribution is 7.90. The summed E-state index contributed by atoms with van der Waals surface area (Å²) in [5.41, 5.74) is 3.33. The largest absolute Gasteiger partial charge is 0.326 e. The second kappa shape index (κ2) is 7.37. The molecular formula is C17H20N2O3S. The summed E-state index contributed by atoms with van der Waals surface area (Å²) in [6.07, 6.45) is 3.05. The molecule has 1 aromatic carbocycles. The van der Waals surface area contributed by atoms with Crippen molar-refractivity contribution in [3.05, 3.63) is 59.4 Å². The van der Waals surface area contributed by atoms with E-state index >= 15 is 0 Å². The molecule has 0 atom stereocenters. The summed E-state index contributed by atoms with van der Waals surface area (Å²) >= 11 is 0. The van der Waals surface area contributed by atoms with Gasteiger partial charge in [0.05, 0.1) is 11.5 Å². The molecule has 0 saturated carbocycles. The Morgan fingerprint density at radius 2 is 2.00 bits per heavy atom. The second-order valence-corrected chi connectivity index (χ2v) is 7.75. The van der Waals surface area contributed by atoms with Gasteiger partial charge in [-0.3, -0.25) is 9.78 Å². The fraction of sp³-hybridized carbons (Fsp3) is 0.294. The van der Waals surface area contributed by atoms with Gasteiger partial charge in [0.15, 0.2) is 9.84 Å². The number of aromatic nitrogens is 1. The first-order valence-corrected chi connectivity index (χ1v) is 9.14. The lowest BCUT2D eigenvalue weighted by Crippen LogP contribution is -2.18. The summed E-state index contributed by atoms with van der Waals surface area (Å²) in [7, 11) is -3.34. The molecule has 1 aromatic heterocycles. The maximum atomic E-state index is 12.1. The van der Waals surface area contributed by atoms with Gasteiger partial charge in [0.2, 0.25) is 5.91 Å². The number of benzene rings is 1. The predicted molar refractivity (Wildman–Crippen MR) is 90.9 cm³/mol. The lowest BCUT2D eigenvalue weighted by molar-refractivity contribution is -0.115. The average Bonchev–Trinajstić information content (AvgIpc) is 2.50. The summed E-state index contributed by atoms with van der Waals surface area (Å²) in [5.74, 6) is -0.579. The number of rotatable bonds is 6. The first-order chi connectivity index (χ1) is 10.9. The highest BCUT2D eigenvalue weighted by atomic mass is 32.2. The molecule has 1 amide bonds. The minimum atomic E-state index is -3.34. The Morgan fingerprint density at radius 1 is 1.22 bits per heavy atom. The van der Waals surface area contributed by atoms with Gasteiger partial charge in [0, 0.05) is 24.5 Å². The fourth-order valence-corrected chi connectivity index (χ4v) is 3.46. The van der Waals surface area contributed by atoms with E-state index in [-0.39, 0.29) is 23.8 Å². The van der Waals surface area contributed by atoms with E-state index in [1.807, 2.05) is 32.0 Å². The van der Waals surface area contributed by atoms with Crippen LogP contribution in [0.15, 0.2) is 42.7 Å². The molecule has 0 spiro atoms. The molecule has 0 radical (unpaired) electrons. The normalized spacial score (nSPS) is 11.2. The SMILES string of the molecule is Cc1ccc(C)c(NC(=O)CCS(=O)(=O)Cc2cccnc2)c1. The third-order valence-electron chi connectivity index (χ3n) is 3.42. The molecule has 23 heavy (non-hydrogen) atoms. The number of aryl methyl sites for hydroxylation is 2. The van der Waals surface area contributed by atoms with Crippen molar-refractivity contribution in [1.82, 2.24) is 4.98 Å². The smallest absolute Gasteiger partial charge is 0.225 e. The van der Waals surface area contributed by atoms with Crippen LogP contribution < -0.4 is 5.32 Å². The van der Waals surface area contributed by atoms with Crippen molar-refractivity contribution in [2.45, 2.75) is 26.0 Å². The Morgan fingerprint density at radius 3 is 2.70 bits per heavy atom. The van der Waals surface area contributed by atoms with Gasteiger partial charge in [-0.2, -0.15) is 0 Å². The molecule has 0 unspecified atom stereocenters. The van der Waals surface area contributed by atoms with Crippen molar-refractivity contribution in [1.29, 1.82) is 0 Å². The Labute approximate surface area is 136 Å². The van der Waals surface area contributed by atoms with Crippen LogP contribution in [0.3, 0.4) is 0 Å². The van der Waals surface area contributed by atoms with Crippen LogP contribution >= 0.6 is 0 Å². The minimum absolute atomic E-state index is 0.0595. The number of hydrogen-bond donors (Lipinski definition) is 1. The molecule has 1 N–H and O–H groups in total. The van der Waals surface area contributed by atoms with Crippen LogP contribution in [-0.4, -0.2) is 25.1 Å². The van der Waals surface area contributed by atoms with E-state index < -0.39 is 9.84 Å². The Balaban J connectivity index is 1.92. The third kappa shape index (κ3) is 5.49. The van der Waals surface area contributed by atoms with Crippen LogP contribution in [0.5, 0.6) is 0 Å². The quantitative estimate of drug-likeness (QED) is 0.882. The predicted octanol–water partition coefficient (Wildman–Crippen LogP) is 2.64. The number of anilines is 1. The first kappa shape index (κ1) is 17.1. The zero-order valence-corrected chi connectivity index (χ0v) is 14.1. The van der Waals surface area contributed by atoms with Gasteiger partial charge in [-0.05, 0) is 42.7 Å². The molecule has 2 rings (SSSR count). The number of hydrogen-bond acceptors (Lipinski definition) is 4. The van der Waals surface area contributed by atoms with Crippen molar-refractivity contribution in [3.8, 4) is 0 Å². The van der Waals surface area contributed by atoms with Gasteiger partial charge in [-0.15, -0.1) is 0 Å². The molecule has 0 aliphatic rings. The molecule has 1 heterocycles. The van der Waals surface area contributed by atoms with Gasteiger partial charge in [0.1, 0.15) is 0 Å². The molecule has 2 aromatic rings. The number of carbonyl (C=O) groups is 1. The number of nitrogens with zero attached hydrogens (tertiary/aromatic N) is 1. The van der Waals surface area contributed by atoms with Crippen molar-refractivity contribution in [3.63, 3.8) is 0 Å². The van der Waals surface area contributed by atoms with E-state index in [0.29, 0.717) is 5.56 Å². The van der Waals surface area contributed by atoms with Crippen LogP contribution in [0.4, 0.5) is 5.69 Å². The van der Waals surface area contributed by atoms with E-state index in [1.54, 1.807) is 18.3 Å². The molecule has 6 heteroatoms. The lowest BCUT2D eigenvalue weighted by Gasteiger charge is -2.09. The number of pyridine rings is 1. The average molecular weight is 332 g/mol. The lowest BCUT2D eigenvalue weighted by atomic mass is 10.1. The van der Waals surface area contributed by atoms with Gasteiger partial charge >= 0.3 is 0 Å². The van der Waals surface area contributed by atoms with Crippen LogP contribution in [0.25, 0.3) is 0 Å². The Hall–Kier alpha value is -2.21. The maximum absolute atomic E-state index is 12.1. The van der Waals surface area contributed by atoms with Crippen LogP contribution in [-0.2, 0) is 20.4 Å². The second-order valence-electron chi connectivity index (χ2n) is 5.57. The zero-order chi connectivity index (χ0) is 16.9. The third-order valence-corrected chi connectivity index (χ3v) is 5.02. The van der Waals surface area contributed by atoms with Gasteiger partial charge < -0.3 is 5.32 Å². The topological polar surface area (TPSA) is 76.1 Å². The van der Waals surface area contributed by atoms with E-state index in [0.717, 1.165) is 16.8 Å². The van der Waals surface area contributed by atoms with Crippen molar-refractivity contribution < 1.29 is 13.2 Å². The first-order valence-electron chi connectivity index (χ1n) is 7.32. The van der Waals surface area contributed by atoms with Crippen LogP contribution in [0.2, 0.25) is 0 Å². The highest BCUT2D eigenvalue weighted by Crippen LogP contribution is 2.16. The summed E-state index contributed by atoms with van der Waals surface area (Å²) in [5, 5.41) is 2.77. The van der Waals surface area contributed by atoms with E-state index in [9.17, 15) is 13.2 Å². The molecule has 5 nitrogen and oxygen atoms in total. The van der Waals surface area contributed by atoms with E-state index in [2.05, 4.69) is 10.3 Å². The van der Waals surface area contributed by atoms with Gasteiger partial charge in [0.25, 0.3) is 0 Å². The van der Waals surface area contributed by atoms with Crippen molar-refractivity contribution >= 4 is 21.4 Å². The van der Waals surface area contributed by atoms with Crippen molar-refractivity contribution in [2.75, 3.05) is 11.1 Å². The summed E-state index contributed by atoms with van der Waals surface area (Å²) in [6.45, 7) is 3.83. The summed E-state index contributed by atoms with van der Waals surface area (Å²) < 4.78 is 24.1. The monoisotopic (exact) mass is 332 g/mol. The molecule has 0 fully saturated rings. The van der Waals surface area contributed by atoms with Crippen LogP contribution in [0, 0.1) is 13.8 Å². The number of amides is 1. The van der Waals surface area contributed by atoms with Gasteiger partial charge in [-0.1, -0.05) is 18.2 Å². The number of carbonyl (C=O) groups excluding carboxylic acids is 1. The molecule has 0 saturated heterocycles. The molecular weight excluding hydrogens is 312 g/mol. The molecule has 122 valence electrons. The highest BCUT2D eigenvalue weighted by Gasteiger charge is 2.15. The molecule has 0 aliphatic carbocycles. The summed E-state index contributed by atoms with van der Waals surface area (Å²) in [4.78, 5) is 15.9. The van der Waals surface area contributed by atoms with Crippen LogP contribution in [0.1, 0.15) is 23.1 Å². The molecule has 0 bridgehead atoms. The standard InChI is InChI=1S/C17H20N2O3S/c1-13-5-6-14(2)16(10-13)19-17(20)7-9-23(21,22)12-15-4-3-8-18-11-15/h3-6,8,10-11H,7,9,12H2,1-2H3,(H,19,20). The minimum Gasteiger partial charge on any atom is -0.326 e. The van der Waals surface area contributed by atoms with Crippen molar-refractivity contribution in [2.24, 2.45) is 0 Å². The zero-order valence-electron chi connectivity index (χ0n) is 13.2. The van der Waals surface area contributed by atoms with E-state index in [4.69, 9.17) is 0 Å². The Kier molecular flexibility index (Phi) is 5.50. The summed E-state index contributed by atoms with van der Waals surface area (Å²) in [6, 6.07) is 9.16. The number of nitrogens with one attached hydrogen (secondary N) is 1.